The van der Waals surface area contributed by atoms with Crippen LogP contribution >= 0.6 is 11.6 Å². The van der Waals surface area contributed by atoms with Crippen LogP contribution in [0.2, 0.25) is 0 Å². The Bertz CT molecular complexity index is 273. The summed E-state index contributed by atoms with van der Waals surface area (Å²) in [7, 11) is 0. The third-order valence-corrected chi connectivity index (χ3v) is 1.64. The zero-order valence-corrected chi connectivity index (χ0v) is 6.93. The fourth-order valence-electron chi connectivity index (χ4n) is 0.899. The molecule has 0 N–H and O–H groups in total. The molecule has 0 aliphatic heterocycles. The Morgan fingerprint density at radius 1 is 1.73 bits per heavy atom. The number of carbonyl (C=O) groups excluding carboxylic acids is 1. The SMILES string of the molecule is CCc1ncccc1C(=O)Cl. The van der Waals surface area contributed by atoms with Gasteiger partial charge < -0.3 is 0 Å². The van der Waals surface area contributed by atoms with Crippen molar-refractivity contribution < 1.29 is 4.79 Å². The predicted molar refractivity (Wildman–Crippen MR) is 43.8 cm³/mol. The maximum Gasteiger partial charge on any atom is 0.254 e. The van der Waals surface area contributed by atoms with Crippen molar-refractivity contribution in [1.29, 1.82) is 0 Å². The third-order valence-electron chi connectivity index (χ3n) is 1.44. The van der Waals surface area contributed by atoms with Crippen LogP contribution in [0.25, 0.3) is 0 Å². The van der Waals surface area contributed by atoms with E-state index < -0.39 is 5.24 Å². The number of pyridine rings is 1. The van der Waals surface area contributed by atoms with Gasteiger partial charge in [0.2, 0.25) is 0 Å². The maximum atomic E-state index is 10.8. The lowest BCUT2D eigenvalue weighted by Gasteiger charge is -1.99. The van der Waals surface area contributed by atoms with Gasteiger partial charge in [0.05, 0.1) is 11.3 Å². The van der Waals surface area contributed by atoms with Crippen LogP contribution in [0, 0.1) is 0 Å². The largest absolute Gasteiger partial charge is 0.276 e. The minimum absolute atomic E-state index is 0.435. The average molecular weight is 170 g/mol. The molecule has 0 amide bonds. The normalized spacial score (nSPS) is 9.64. The highest BCUT2D eigenvalue weighted by atomic mass is 35.5. The van der Waals surface area contributed by atoms with Crippen LogP contribution in [-0.4, -0.2) is 10.2 Å². The second kappa shape index (κ2) is 3.49. The number of aryl methyl sites for hydroxylation is 1. The van der Waals surface area contributed by atoms with Gasteiger partial charge in [0.15, 0.2) is 0 Å². The number of nitrogens with zero attached hydrogens (tertiary/aromatic N) is 1. The van der Waals surface area contributed by atoms with Crippen molar-refractivity contribution in [3.05, 3.63) is 29.6 Å². The average Bonchev–Trinajstić information content (AvgIpc) is 2.04. The summed E-state index contributed by atoms with van der Waals surface area (Å²) in [6.45, 7) is 1.94. The van der Waals surface area contributed by atoms with E-state index in [-0.39, 0.29) is 0 Å². The van der Waals surface area contributed by atoms with Crippen molar-refractivity contribution in [2.45, 2.75) is 13.3 Å². The summed E-state index contributed by atoms with van der Waals surface area (Å²) in [6.07, 6.45) is 2.39. The van der Waals surface area contributed by atoms with Crippen LogP contribution < -0.4 is 0 Å². The standard InChI is InChI=1S/C8H8ClNO/c1-2-7-6(8(9)11)4-3-5-10-7/h3-5H,2H2,1H3. The summed E-state index contributed by atoms with van der Waals surface area (Å²) in [5.74, 6) is 0. The number of carbonyl (C=O) groups is 1. The van der Waals surface area contributed by atoms with Gasteiger partial charge in [-0.2, -0.15) is 0 Å². The van der Waals surface area contributed by atoms with E-state index in [0.29, 0.717) is 5.56 Å². The molecule has 1 rings (SSSR count). The quantitative estimate of drug-likeness (QED) is 0.634. The van der Waals surface area contributed by atoms with Crippen LogP contribution in [-0.2, 0) is 6.42 Å². The first kappa shape index (κ1) is 8.21. The molecule has 0 saturated carbocycles. The molecule has 1 aromatic heterocycles. The third kappa shape index (κ3) is 1.77. The van der Waals surface area contributed by atoms with Crippen molar-refractivity contribution in [2.75, 3.05) is 0 Å². The van der Waals surface area contributed by atoms with Crippen molar-refractivity contribution >= 4 is 16.8 Å². The molecule has 0 saturated heterocycles. The Morgan fingerprint density at radius 3 is 2.91 bits per heavy atom. The number of halogens is 1. The second-order valence-corrected chi connectivity index (χ2v) is 2.47. The molecule has 0 aliphatic carbocycles. The molecule has 11 heavy (non-hydrogen) atoms. The summed E-state index contributed by atoms with van der Waals surface area (Å²) < 4.78 is 0. The molecule has 0 radical (unpaired) electrons. The molecular formula is C8H8ClNO. The van der Waals surface area contributed by atoms with Gasteiger partial charge in [-0.1, -0.05) is 6.92 Å². The van der Waals surface area contributed by atoms with Crippen molar-refractivity contribution in [1.82, 2.24) is 4.98 Å². The molecule has 3 heteroatoms. The molecule has 0 atom stereocenters. The van der Waals surface area contributed by atoms with Crippen LogP contribution in [0.5, 0.6) is 0 Å². The lowest BCUT2D eigenvalue weighted by Crippen LogP contribution is -1.98. The van der Waals surface area contributed by atoms with E-state index in [9.17, 15) is 4.79 Å². The molecule has 0 unspecified atom stereocenters. The Kier molecular flexibility index (Phi) is 2.60. The highest BCUT2D eigenvalue weighted by molar-refractivity contribution is 6.67. The predicted octanol–water partition coefficient (Wildman–Crippen LogP) is 2.02. The number of hydrogen-bond acceptors (Lipinski definition) is 2. The molecular weight excluding hydrogens is 162 g/mol. The van der Waals surface area contributed by atoms with E-state index in [1.165, 1.54) is 0 Å². The van der Waals surface area contributed by atoms with Crippen molar-refractivity contribution in [3.8, 4) is 0 Å². The summed E-state index contributed by atoms with van der Waals surface area (Å²) in [5, 5.41) is -0.435. The highest BCUT2D eigenvalue weighted by Crippen LogP contribution is 2.08. The monoisotopic (exact) mass is 169 g/mol. The van der Waals surface area contributed by atoms with Gasteiger partial charge in [-0.15, -0.1) is 0 Å². The number of rotatable bonds is 2. The molecule has 58 valence electrons. The fourth-order valence-corrected chi connectivity index (χ4v) is 1.07. The highest BCUT2D eigenvalue weighted by Gasteiger charge is 2.06. The summed E-state index contributed by atoms with van der Waals surface area (Å²) >= 11 is 5.31. The Labute approximate surface area is 70.2 Å². The molecule has 0 bridgehead atoms. The Hall–Kier alpha value is -0.890. The van der Waals surface area contributed by atoms with E-state index in [2.05, 4.69) is 4.98 Å². The zero-order chi connectivity index (χ0) is 8.27. The van der Waals surface area contributed by atoms with Gasteiger partial charge in [-0.3, -0.25) is 9.78 Å². The summed E-state index contributed by atoms with van der Waals surface area (Å²) in [6, 6.07) is 3.38. The van der Waals surface area contributed by atoms with E-state index >= 15 is 0 Å². The van der Waals surface area contributed by atoms with Crippen LogP contribution in [0.15, 0.2) is 18.3 Å². The number of aromatic nitrogens is 1. The topological polar surface area (TPSA) is 30.0 Å². The molecule has 1 aromatic rings. The van der Waals surface area contributed by atoms with Gasteiger partial charge in [-0.05, 0) is 30.2 Å². The second-order valence-electron chi connectivity index (χ2n) is 2.12. The van der Waals surface area contributed by atoms with E-state index in [0.717, 1.165) is 12.1 Å². The lowest BCUT2D eigenvalue weighted by molar-refractivity contribution is 0.108. The van der Waals surface area contributed by atoms with Gasteiger partial charge in [-0.25, -0.2) is 0 Å². The first-order valence-electron chi connectivity index (χ1n) is 3.39. The molecule has 0 spiro atoms. The maximum absolute atomic E-state index is 10.8. The molecule has 1 heterocycles. The lowest BCUT2D eigenvalue weighted by atomic mass is 10.2. The minimum atomic E-state index is -0.435. The zero-order valence-electron chi connectivity index (χ0n) is 6.17. The number of hydrogen-bond donors (Lipinski definition) is 0. The molecule has 0 aliphatic rings. The fraction of sp³-hybridized carbons (Fsp3) is 0.250. The van der Waals surface area contributed by atoms with Gasteiger partial charge in [0.25, 0.3) is 5.24 Å². The smallest absolute Gasteiger partial charge is 0.254 e. The van der Waals surface area contributed by atoms with Crippen LogP contribution in [0.3, 0.4) is 0 Å². The van der Waals surface area contributed by atoms with Crippen molar-refractivity contribution in [2.24, 2.45) is 0 Å². The first-order chi connectivity index (χ1) is 5.25. The molecule has 2 nitrogen and oxygen atoms in total. The Morgan fingerprint density at radius 2 is 2.45 bits per heavy atom. The van der Waals surface area contributed by atoms with Gasteiger partial charge >= 0.3 is 0 Å². The summed E-state index contributed by atoms with van der Waals surface area (Å²) in [4.78, 5) is 14.8. The van der Waals surface area contributed by atoms with Crippen LogP contribution in [0.4, 0.5) is 0 Å². The van der Waals surface area contributed by atoms with E-state index in [1.54, 1.807) is 18.3 Å². The van der Waals surface area contributed by atoms with Gasteiger partial charge in [0, 0.05) is 6.20 Å². The molecule has 0 aromatic carbocycles. The summed E-state index contributed by atoms with van der Waals surface area (Å²) in [5.41, 5.74) is 1.27. The Balaban J connectivity index is 3.12. The first-order valence-corrected chi connectivity index (χ1v) is 3.77. The van der Waals surface area contributed by atoms with Crippen LogP contribution in [0.1, 0.15) is 23.0 Å². The van der Waals surface area contributed by atoms with Gasteiger partial charge in [0.1, 0.15) is 0 Å². The van der Waals surface area contributed by atoms with E-state index in [4.69, 9.17) is 11.6 Å². The minimum Gasteiger partial charge on any atom is -0.276 e. The van der Waals surface area contributed by atoms with E-state index in [1.807, 2.05) is 6.92 Å². The van der Waals surface area contributed by atoms with Crippen molar-refractivity contribution in [3.63, 3.8) is 0 Å². The molecule has 0 fully saturated rings.